The summed E-state index contributed by atoms with van der Waals surface area (Å²) in [5, 5.41) is 11.6. The SMILES string of the molecule is COC(=O)c1sc(N2C(=O)C(=O)C(=C(O)c3ccc(OCc4cccc(C)c4)cc3)C2c2ccc(C)cc2)nc1C. The zero-order valence-electron chi connectivity index (χ0n) is 23.0. The predicted molar refractivity (Wildman–Crippen MR) is 156 cm³/mol. The lowest BCUT2D eigenvalue weighted by molar-refractivity contribution is -0.132. The second-order valence-electron chi connectivity index (χ2n) is 9.78. The van der Waals surface area contributed by atoms with E-state index in [-0.39, 0.29) is 21.3 Å². The Balaban J connectivity index is 1.52. The lowest BCUT2D eigenvalue weighted by Gasteiger charge is -2.23. The zero-order valence-corrected chi connectivity index (χ0v) is 23.8. The van der Waals surface area contributed by atoms with Crippen molar-refractivity contribution in [2.24, 2.45) is 0 Å². The highest BCUT2D eigenvalue weighted by Crippen LogP contribution is 2.44. The quantitative estimate of drug-likeness (QED) is 0.125. The molecule has 8 nitrogen and oxygen atoms in total. The van der Waals surface area contributed by atoms with Gasteiger partial charge in [-0.15, -0.1) is 0 Å². The number of aryl methyl sites for hydroxylation is 3. The van der Waals surface area contributed by atoms with Crippen LogP contribution in [0.4, 0.5) is 5.13 Å². The van der Waals surface area contributed by atoms with E-state index in [0.29, 0.717) is 29.2 Å². The number of carbonyl (C=O) groups is 3. The fourth-order valence-corrected chi connectivity index (χ4v) is 5.71. The van der Waals surface area contributed by atoms with Crippen molar-refractivity contribution in [2.75, 3.05) is 12.0 Å². The summed E-state index contributed by atoms with van der Waals surface area (Å²) in [6.45, 7) is 5.96. The number of amides is 1. The maximum atomic E-state index is 13.4. The van der Waals surface area contributed by atoms with Crippen LogP contribution in [0, 0.1) is 20.8 Å². The predicted octanol–water partition coefficient (Wildman–Crippen LogP) is 6.06. The number of Topliss-reactive ketones (excluding diaryl/α,β-unsaturated/α-hetero) is 1. The number of anilines is 1. The van der Waals surface area contributed by atoms with Crippen molar-refractivity contribution in [3.63, 3.8) is 0 Å². The number of nitrogens with zero attached hydrogens (tertiary/aromatic N) is 2. The highest BCUT2D eigenvalue weighted by molar-refractivity contribution is 7.17. The molecule has 1 unspecified atom stereocenters. The van der Waals surface area contributed by atoms with Crippen molar-refractivity contribution in [3.8, 4) is 5.75 Å². The lowest BCUT2D eigenvalue weighted by Crippen LogP contribution is -2.29. The number of aliphatic hydroxyl groups is 1. The molecular formula is C32H28N2O6S. The molecule has 1 aliphatic heterocycles. The van der Waals surface area contributed by atoms with E-state index in [9.17, 15) is 19.5 Å². The van der Waals surface area contributed by atoms with Crippen LogP contribution in [-0.4, -0.2) is 34.9 Å². The molecule has 5 rings (SSSR count). The Hall–Kier alpha value is -4.76. The number of aromatic nitrogens is 1. The molecular weight excluding hydrogens is 540 g/mol. The highest BCUT2D eigenvalue weighted by atomic mass is 32.1. The second kappa shape index (κ2) is 11.4. The van der Waals surface area contributed by atoms with Crippen molar-refractivity contribution in [3.05, 3.63) is 117 Å². The van der Waals surface area contributed by atoms with Crippen molar-refractivity contribution in [1.82, 2.24) is 4.98 Å². The molecule has 0 radical (unpaired) electrons. The first kappa shape index (κ1) is 27.8. The molecule has 1 aliphatic rings. The molecule has 1 saturated heterocycles. The number of thiazole rings is 1. The van der Waals surface area contributed by atoms with Gasteiger partial charge in [-0.25, -0.2) is 9.78 Å². The number of aliphatic hydroxyl groups excluding tert-OH is 1. The average Bonchev–Trinajstić information content (AvgIpc) is 3.48. The van der Waals surface area contributed by atoms with E-state index in [1.165, 1.54) is 12.0 Å². The first-order valence-corrected chi connectivity index (χ1v) is 13.7. The van der Waals surface area contributed by atoms with Gasteiger partial charge in [0, 0.05) is 5.56 Å². The number of carbonyl (C=O) groups excluding carboxylic acids is 3. The van der Waals surface area contributed by atoms with E-state index >= 15 is 0 Å². The second-order valence-corrected chi connectivity index (χ2v) is 10.8. The van der Waals surface area contributed by atoms with Crippen LogP contribution in [0.1, 0.15) is 49.2 Å². The summed E-state index contributed by atoms with van der Waals surface area (Å²) < 4.78 is 10.7. The van der Waals surface area contributed by atoms with Gasteiger partial charge in [0.15, 0.2) is 5.13 Å². The van der Waals surface area contributed by atoms with E-state index in [1.807, 2.05) is 50.2 Å². The van der Waals surface area contributed by atoms with Crippen LogP contribution >= 0.6 is 11.3 Å². The first-order valence-electron chi connectivity index (χ1n) is 12.9. The Labute approximate surface area is 241 Å². The third kappa shape index (κ3) is 5.49. The molecule has 208 valence electrons. The Kier molecular flexibility index (Phi) is 7.72. The molecule has 3 aromatic carbocycles. The minimum Gasteiger partial charge on any atom is -0.507 e. The summed E-state index contributed by atoms with van der Waals surface area (Å²) in [6, 6.07) is 21.1. The number of hydrogen-bond donors (Lipinski definition) is 1. The number of methoxy groups -OCH3 is 1. The van der Waals surface area contributed by atoms with Gasteiger partial charge in [0.05, 0.1) is 24.4 Å². The van der Waals surface area contributed by atoms with Crippen LogP contribution in [0.25, 0.3) is 5.76 Å². The number of rotatable bonds is 7. The lowest BCUT2D eigenvalue weighted by atomic mass is 9.95. The van der Waals surface area contributed by atoms with E-state index in [4.69, 9.17) is 9.47 Å². The van der Waals surface area contributed by atoms with Crippen molar-refractivity contribution in [1.29, 1.82) is 0 Å². The van der Waals surface area contributed by atoms with E-state index in [2.05, 4.69) is 4.98 Å². The van der Waals surface area contributed by atoms with Crippen molar-refractivity contribution < 1.29 is 29.0 Å². The summed E-state index contributed by atoms with van der Waals surface area (Å²) in [6.07, 6.45) is 0. The fourth-order valence-electron chi connectivity index (χ4n) is 4.69. The van der Waals surface area contributed by atoms with Crippen LogP contribution in [-0.2, 0) is 20.9 Å². The summed E-state index contributed by atoms with van der Waals surface area (Å²) in [5.74, 6) is -2.00. The normalized spacial score (nSPS) is 16.2. The van der Waals surface area contributed by atoms with Crippen LogP contribution < -0.4 is 9.64 Å². The number of esters is 1. The van der Waals surface area contributed by atoms with Gasteiger partial charge in [-0.05, 0) is 56.2 Å². The first-order chi connectivity index (χ1) is 19.7. The van der Waals surface area contributed by atoms with Crippen LogP contribution in [0.5, 0.6) is 5.75 Å². The van der Waals surface area contributed by atoms with E-state index in [0.717, 1.165) is 28.0 Å². The van der Waals surface area contributed by atoms with Gasteiger partial charge >= 0.3 is 11.9 Å². The van der Waals surface area contributed by atoms with Crippen molar-refractivity contribution in [2.45, 2.75) is 33.4 Å². The Morgan fingerprint density at radius 1 is 0.976 bits per heavy atom. The number of ether oxygens (including phenoxy) is 2. The number of hydrogen-bond acceptors (Lipinski definition) is 8. The molecule has 9 heteroatoms. The molecule has 41 heavy (non-hydrogen) atoms. The molecule has 2 heterocycles. The maximum Gasteiger partial charge on any atom is 0.350 e. The van der Waals surface area contributed by atoms with Gasteiger partial charge < -0.3 is 14.6 Å². The van der Waals surface area contributed by atoms with Gasteiger partial charge in [-0.2, -0.15) is 0 Å². The Bertz CT molecular complexity index is 1670. The standard InChI is InChI=1S/C32H28N2O6S/c1-18-8-10-22(11-9-18)26-25(28(36)30(37)34(26)32-33-20(3)29(41-32)31(38)39-4)27(35)23-12-14-24(15-13-23)40-17-21-7-5-6-19(2)16-21/h5-16,26,35H,17H2,1-4H3. The molecule has 0 aliphatic carbocycles. The molecule has 1 aromatic heterocycles. The summed E-state index contributed by atoms with van der Waals surface area (Å²) in [7, 11) is 1.26. The fraction of sp³-hybridized carbons (Fsp3) is 0.188. The van der Waals surface area contributed by atoms with E-state index in [1.54, 1.807) is 43.3 Å². The minimum absolute atomic E-state index is 0.0697. The van der Waals surface area contributed by atoms with Crippen LogP contribution in [0.2, 0.25) is 0 Å². The molecule has 1 N–H and O–H groups in total. The van der Waals surface area contributed by atoms with Gasteiger partial charge in [0.1, 0.15) is 23.0 Å². The molecule has 1 amide bonds. The molecule has 4 aromatic rings. The zero-order chi connectivity index (χ0) is 29.3. The largest absolute Gasteiger partial charge is 0.507 e. The smallest absolute Gasteiger partial charge is 0.350 e. The molecule has 1 atom stereocenters. The van der Waals surface area contributed by atoms with E-state index < -0.39 is 23.7 Å². The molecule has 1 fully saturated rings. The molecule has 0 saturated carbocycles. The maximum absolute atomic E-state index is 13.4. The minimum atomic E-state index is -0.955. The highest BCUT2D eigenvalue weighted by Gasteiger charge is 2.48. The summed E-state index contributed by atoms with van der Waals surface area (Å²) in [4.78, 5) is 45.0. The molecule has 0 spiro atoms. The van der Waals surface area contributed by atoms with Gasteiger partial charge in [-0.1, -0.05) is 71.0 Å². The number of benzene rings is 3. The third-order valence-corrected chi connectivity index (χ3v) is 7.95. The topological polar surface area (TPSA) is 106 Å². The third-order valence-electron chi connectivity index (χ3n) is 6.82. The van der Waals surface area contributed by atoms with Gasteiger partial charge in [0.25, 0.3) is 5.78 Å². The number of ketones is 1. The molecule has 0 bridgehead atoms. The van der Waals surface area contributed by atoms with Crippen LogP contribution in [0.15, 0.2) is 78.4 Å². The van der Waals surface area contributed by atoms with Crippen LogP contribution in [0.3, 0.4) is 0 Å². The Morgan fingerprint density at radius 2 is 1.68 bits per heavy atom. The van der Waals surface area contributed by atoms with Gasteiger partial charge in [0.2, 0.25) is 0 Å². The van der Waals surface area contributed by atoms with Crippen molar-refractivity contribution >= 4 is 39.9 Å². The summed E-state index contributed by atoms with van der Waals surface area (Å²) >= 11 is 0.959. The van der Waals surface area contributed by atoms with Gasteiger partial charge in [-0.3, -0.25) is 14.5 Å². The average molecular weight is 569 g/mol. The Morgan fingerprint density at radius 3 is 2.34 bits per heavy atom. The monoisotopic (exact) mass is 568 g/mol. The summed E-state index contributed by atoms with van der Waals surface area (Å²) in [5.41, 5.74) is 4.44.